The van der Waals surface area contributed by atoms with Crippen molar-refractivity contribution in [2.75, 3.05) is 44.3 Å². The molecule has 0 radical (unpaired) electrons. The molecule has 0 N–H and O–H groups in total. The Morgan fingerprint density at radius 3 is 2.64 bits per heavy atom. The quantitative estimate of drug-likeness (QED) is 0.836. The van der Waals surface area contributed by atoms with Crippen LogP contribution in [0.15, 0.2) is 18.3 Å². The van der Waals surface area contributed by atoms with E-state index in [4.69, 9.17) is 9.72 Å². The van der Waals surface area contributed by atoms with Gasteiger partial charge < -0.3 is 9.64 Å². The summed E-state index contributed by atoms with van der Waals surface area (Å²) >= 11 is 0. The van der Waals surface area contributed by atoms with Crippen molar-refractivity contribution in [3.05, 3.63) is 18.3 Å². The first-order chi connectivity index (χ1) is 10.8. The molecule has 0 unspecified atom stereocenters. The largest absolute Gasteiger partial charge is 0.381 e. The zero-order valence-corrected chi connectivity index (χ0v) is 13.1. The van der Waals surface area contributed by atoms with E-state index in [1.165, 1.54) is 12.8 Å². The maximum absolute atomic E-state index is 5.47. The van der Waals surface area contributed by atoms with Crippen LogP contribution >= 0.6 is 0 Å². The molecule has 4 heterocycles. The van der Waals surface area contributed by atoms with E-state index < -0.39 is 0 Å². The second kappa shape index (κ2) is 5.85. The number of rotatable bonds is 2. The molecular weight excluding hydrogens is 278 g/mol. The fourth-order valence-corrected chi connectivity index (χ4v) is 3.63. The minimum Gasteiger partial charge on any atom is -0.381 e. The van der Waals surface area contributed by atoms with Crippen molar-refractivity contribution in [1.29, 1.82) is 0 Å². The summed E-state index contributed by atoms with van der Waals surface area (Å²) in [6.45, 7) is 6.13. The van der Waals surface area contributed by atoms with Crippen molar-refractivity contribution < 1.29 is 4.74 Å². The average molecular weight is 301 g/mol. The fourth-order valence-electron chi connectivity index (χ4n) is 3.63. The Kier molecular flexibility index (Phi) is 3.72. The van der Waals surface area contributed by atoms with Gasteiger partial charge in [-0.15, -0.1) is 0 Å². The molecule has 0 aromatic carbocycles. The summed E-state index contributed by atoms with van der Waals surface area (Å²) in [5, 5.41) is 0. The molecule has 4 rings (SSSR count). The lowest BCUT2D eigenvalue weighted by Crippen LogP contribution is -2.52. The standard InChI is InChI=1S/C16H23N5O/c1-19-15-14(3-2-6-17-15)18-16(19)21-9-7-20(8-10-21)13-4-11-22-12-5-13/h2-3,6,13H,4-5,7-12H2,1H3. The molecule has 6 nitrogen and oxygen atoms in total. The number of anilines is 1. The van der Waals surface area contributed by atoms with Crippen LogP contribution in [-0.4, -0.2) is 64.9 Å². The van der Waals surface area contributed by atoms with E-state index in [-0.39, 0.29) is 0 Å². The van der Waals surface area contributed by atoms with Gasteiger partial charge in [-0.05, 0) is 25.0 Å². The summed E-state index contributed by atoms with van der Waals surface area (Å²) < 4.78 is 7.58. The molecule has 2 aliphatic heterocycles. The van der Waals surface area contributed by atoms with Crippen molar-refractivity contribution in [1.82, 2.24) is 19.4 Å². The van der Waals surface area contributed by atoms with Crippen LogP contribution in [0.5, 0.6) is 0 Å². The van der Waals surface area contributed by atoms with Gasteiger partial charge >= 0.3 is 0 Å². The zero-order chi connectivity index (χ0) is 14.9. The number of ether oxygens (including phenoxy) is 1. The third-order valence-electron chi connectivity index (χ3n) is 4.91. The third kappa shape index (κ3) is 2.46. The van der Waals surface area contributed by atoms with Gasteiger partial charge in [0.2, 0.25) is 5.95 Å². The van der Waals surface area contributed by atoms with Gasteiger partial charge in [0, 0.05) is 58.7 Å². The van der Waals surface area contributed by atoms with E-state index >= 15 is 0 Å². The van der Waals surface area contributed by atoms with Crippen molar-refractivity contribution >= 4 is 17.1 Å². The monoisotopic (exact) mass is 301 g/mol. The molecule has 2 fully saturated rings. The van der Waals surface area contributed by atoms with E-state index in [2.05, 4.69) is 26.4 Å². The van der Waals surface area contributed by atoms with Crippen LogP contribution in [0.25, 0.3) is 11.2 Å². The van der Waals surface area contributed by atoms with E-state index in [1.807, 2.05) is 18.3 Å². The van der Waals surface area contributed by atoms with E-state index in [0.29, 0.717) is 6.04 Å². The van der Waals surface area contributed by atoms with Gasteiger partial charge in [0.1, 0.15) is 5.52 Å². The van der Waals surface area contributed by atoms with Crippen LogP contribution in [0.1, 0.15) is 12.8 Å². The smallest absolute Gasteiger partial charge is 0.207 e. The van der Waals surface area contributed by atoms with Crippen LogP contribution in [0.3, 0.4) is 0 Å². The van der Waals surface area contributed by atoms with Crippen molar-refractivity contribution in [3.63, 3.8) is 0 Å². The molecule has 0 atom stereocenters. The first-order valence-corrected chi connectivity index (χ1v) is 8.17. The molecule has 118 valence electrons. The maximum atomic E-state index is 5.47. The summed E-state index contributed by atoms with van der Waals surface area (Å²) in [7, 11) is 2.06. The Hall–Kier alpha value is -1.66. The molecular formula is C16H23N5O. The van der Waals surface area contributed by atoms with Gasteiger partial charge in [0.15, 0.2) is 5.65 Å². The number of imidazole rings is 1. The second-order valence-corrected chi connectivity index (χ2v) is 6.18. The molecule has 2 aromatic rings. The van der Waals surface area contributed by atoms with Crippen molar-refractivity contribution in [3.8, 4) is 0 Å². The maximum Gasteiger partial charge on any atom is 0.207 e. The minimum atomic E-state index is 0.706. The number of aromatic nitrogens is 3. The number of hydrogen-bond acceptors (Lipinski definition) is 5. The SMILES string of the molecule is Cn1c(N2CCN(C3CCOCC3)CC2)nc2cccnc21. The van der Waals surface area contributed by atoms with Crippen LogP contribution in [-0.2, 0) is 11.8 Å². The van der Waals surface area contributed by atoms with Crippen LogP contribution in [0.2, 0.25) is 0 Å². The molecule has 0 amide bonds. The molecule has 2 saturated heterocycles. The number of aryl methyl sites for hydroxylation is 1. The molecule has 0 aliphatic carbocycles. The second-order valence-electron chi connectivity index (χ2n) is 6.18. The van der Waals surface area contributed by atoms with Gasteiger partial charge in [0.25, 0.3) is 0 Å². The molecule has 0 spiro atoms. The lowest BCUT2D eigenvalue weighted by molar-refractivity contribution is 0.0320. The summed E-state index contributed by atoms with van der Waals surface area (Å²) in [5.74, 6) is 1.04. The normalized spacial score (nSPS) is 21.6. The lowest BCUT2D eigenvalue weighted by atomic mass is 10.1. The topological polar surface area (TPSA) is 46.4 Å². The Bertz CT molecular complexity index is 641. The molecule has 2 aliphatic rings. The summed E-state index contributed by atoms with van der Waals surface area (Å²) in [4.78, 5) is 14.2. The van der Waals surface area contributed by atoms with Gasteiger partial charge in [-0.25, -0.2) is 9.97 Å². The van der Waals surface area contributed by atoms with Gasteiger partial charge in [-0.2, -0.15) is 0 Å². The lowest BCUT2D eigenvalue weighted by Gasteiger charge is -2.40. The van der Waals surface area contributed by atoms with Crippen LogP contribution < -0.4 is 4.90 Å². The van der Waals surface area contributed by atoms with Crippen molar-refractivity contribution in [2.45, 2.75) is 18.9 Å². The van der Waals surface area contributed by atoms with Crippen LogP contribution in [0, 0.1) is 0 Å². The van der Waals surface area contributed by atoms with E-state index in [9.17, 15) is 0 Å². The number of fused-ring (bicyclic) bond motifs is 1. The Morgan fingerprint density at radius 2 is 1.91 bits per heavy atom. The third-order valence-corrected chi connectivity index (χ3v) is 4.91. The van der Waals surface area contributed by atoms with Crippen molar-refractivity contribution in [2.24, 2.45) is 7.05 Å². The summed E-state index contributed by atoms with van der Waals surface area (Å²) in [5.41, 5.74) is 1.94. The minimum absolute atomic E-state index is 0.706. The molecule has 2 aromatic heterocycles. The zero-order valence-electron chi connectivity index (χ0n) is 13.1. The molecule has 0 saturated carbocycles. The first-order valence-electron chi connectivity index (χ1n) is 8.17. The van der Waals surface area contributed by atoms with Gasteiger partial charge in [0.05, 0.1) is 0 Å². The fraction of sp³-hybridized carbons (Fsp3) is 0.625. The Morgan fingerprint density at radius 1 is 1.14 bits per heavy atom. The van der Waals surface area contributed by atoms with Gasteiger partial charge in [-0.3, -0.25) is 9.47 Å². The molecule has 6 heteroatoms. The highest BCUT2D eigenvalue weighted by Gasteiger charge is 2.27. The number of piperazine rings is 1. The Balaban J connectivity index is 1.47. The molecule has 22 heavy (non-hydrogen) atoms. The summed E-state index contributed by atoms with van der Waals surface area (Å²) in [6, 6.07) is 4.68. The predicted molar refractivity (Wildman–Crippen MR) is 86.1 cm³/mol. The number of pyridine rings is 1. The number of nitrogens with zero attached hydrogens (tertiary/aromatic N) is 5. The first kappa shape index (κ1) is 14.0. The molecule has 0 bridgehead atoms. The highest BCUT2D eigenvalue weighted by atomic mass is 16.5. The predicted octanol–water partition coefficient (Wildman–Crippen LogP) is 1.27. The van der Waals surface area contributed by atoms with E-state index in [0.717, 1.165) is 56.5 Å². The highest BCUT2D eigenvalue weighted by molar-refractivity contribution is 5.74. The van der Waals surface area contributed by atoms with Crippen LogP contribution in [0.4, 0.5) is 5.95 Å². The summed E-state index contributed by atoms with van der Waals surface area (Å²) in [6.07, 6.45) is 4.18. The average Bonchev–Trinajstić information content (AvgIpc) is 2.93. The Labute approximate surface area is 130 Å². The van der Waals surface area contributed by atoms with Gasteiger partial charge in [-0.1, -0.05) is 0 Å². The number of hydrogen-bond donors (Lipinski definition) is 0. The van der Waals surface area contributed by atoms with E-state index in [1.54, 1.807) is 0 Å². The highest BCUT2D eigenvalue weighted by Crippen LogP contribution is 2.22.